The number of hydrogen-bond acceptors (Lipinski definition) is 6. The van der Waals surface area contributed by atoms with Gasteiger partial charge in [0.25, 0.3) is 0 Å². The molecule has 0 aromatic rings. The van der Waals surface area contributed by atoms with Crippen LogP contribution in [0.15, 0.2) is 0 Å². The molecule has 0 aliphatic rings. The Morgan fingerprint density at radius 2 is 1.00 bits per heavy atom. The molecule has 7 nitrogen and oxygen atoms in total. The minimum atomic E-state index is -1.47. The number of nitrogens with one attached hydrogen (secondary N) is 1. The number of aliphatic hydroxyl groups is 1. The normalized spacial score (nSPS) is 11.2. The maximum atomic E-state index is 11.8. The van der Waals surface area contributed by atoms with Gasteiger partial charge in [0.15, 0.2) is 0 Å². The monoisotopic (exact) mass is 473 g/mol. The number of carbonyl (C=O) groups excluding carboxylic acids is 3. The molecule has 0 aliphatic heterocycles. The van der Waals surface area contributed by atoms with Gasteiger partial charge >= 0.3 is 59.1 Å². The first-order chi connectivity index (χ1) is 14.5. The summed E-state index contributed by atoms with van der Waals surface area (Å²) in [5, 5.41) is 32.4. The molecule has 0 heterocycles. The summed E-state index contributed by atoms with van der Waals surface area (Å²) in [7, 11) is 0. The maximum absolute atomic E-state index is 11.8. The van der Waals surface area contributed by atoms with E-state index in [2.05, 4.69) is 5.32 Å². The van der Waals surface area contributed by atoms with Crippen molar-refractivity contribution < 1.29 is 88.8 Å². The predicted octanol–water partition coefficient (Wildman–Crippen LogP) is -4.01. The van der Waals surface area contributed by atoms with Gasteiger partial charge in [0, 0.05) is 19.0 Å². The second-order valence-electron chi connectivity index (χ2n) is 8.13. The second-order valence-corrected chi connectivity index (χ2v) is 8.13. The summed E-state index contributed by atoms with van der Waals surface area (Å²) in [6, 6.07) is -1.28. The predicted molar refractivity (Wildman–Crippen MR) is 112 cm³/mol. The van der Waals surface area contributed by atoms with Gasteiger partial charge in [-0.3, -0.25) is 4.79 Å². The van der Waals surface area contributed by atoms with Gasteiger partial charge in [-0.2, -0.15) is 0 Å². The molecule has 9 heteroatoms. The van der Waals surface area contributed by atoms with Gasteiger partial charge in [-0.1, -0.05) is 83.5 Å². The van der Waals surface area contributed by atoms with Crippen molar-refractivity contribution in [3.05, 3.63) is 0 Å². The van der Waals surface area contributed by atoms with E-state index in [0.717, 1.165) is 32.1 Å². The minimum absolute atomic E-state index is 0. The number of hydrogen-bond donors (Lipinski definition) is 2. The number of carboxylic acid groups (broad SMARTS) is 2. The molecule has 0 bridgehead atoms. The quantitative estimate of drug-likeness (QED) is 0.122. The zero-order chi connectivity index (χ0) is 22.5. The van der Waals surface area contributed by atoms with Crippen molar-refractivity contribution in [1.82, 2.24) is 5.32 Å². The van der Waals surface area contributed by atoms with Crippen LogP contribution < -0.4 is 74.6 Å². The third-order valence-electron chi connectivity index (χ3n) is 5.32. The van der Waals surface area contributed by atoms with Crippen molar-refractivity contribution in [1.29, 1.82) is 0 Å². The van der Waals surface area contributed by atoms with Crippen molar-refractivity contribution in [2.75, 3.05) is 6.61 Å². The Labute approximate surface area is 238 Å². The van der Waals surface area contributed by atoms with E-state index < -0.39 is 24.4 Å². The van der Waals surface area contributed by atoms with Crippen molar-refractivity contribution in [3.8, 4) is 0 Å². The molecular weight excluding hydrogens is 432 g/mol. The molecule has 0 saturated carbocycles. The summed E-state index contributed by atoms with van der Waals surface area (Å²) in [6.07, 6.45) is 17.0. The van der Waals surface area contributed by atoms with Crippen LogP contribution in [-0.4, -0.2) is 35.6 Å². The standard InChI is InChI=1S/C23H43NO6.2Na/c25-19-15-13-11-9-7-5-3-1-2-4-6-8-10-12-14-16-21(26)24-20(23(29)30)17-18-22(27)28;;/h20,25H,1-19H2,(H,24,26)(H,27,28)(H,29,30);;/q;2*+1/p-2/t20-;;/m0../s1. The smallest absolute Gasteiger partial charge is 0.550 e. The Balaban J connectivity index is -0.00000420. The van der Waals surface area contributed by atoms with Gasteiger partial charge in [0.05, 0.1) is 12.0 Å². The summed E-state index contributed by atoms with van der Waals surface area (Å²) in [5.74, 6) is -3.20. The fraction of sp³-hybridized carbons (Fsp3) is 0.870. The van der Waals surface area contributed by atoms with E-state index >= 15 is 0 Å². The van der Waals surface area contributed by atoms with Crippen LogP contribution in [0.5, 0.6) is 0 Å². The first-order valence-electron chi connectivity index (χ1n) is 11.8. The van der Waals surface area contributed by atoms with Crippen LogP contribution in [0.3, 0.4) is 0 Å². The molecule has 32 heavy (non-hydrogen) atoms. The number of carboxylic acids is 2. The fourth-order valence-electron chi connectivity index (χ4n) is 3.47. The van der Waals surface area contributed by atoms with Crippen molar-refractivity contribution in [2.45, 2.75) is 122 Å². The zero-order valence-electron chi connectivity index (χ0n) is 20.5. The Bertz CT molecular complexity index is 466. The van der Waals surface area contributed by atoms with Crippen LogP contribution in [0.25, 0.3) is 0 Å². The van der Waals surface area contributed by atoms with E-state index in [4.69, 9.17) is 5.11 Å². The molecule has 0 unspecified atom stereocenters. The molecule has 0 radical (unpaired) electrons. The molecule has 0 aromatic heterocycles. The van der Waals surface area contributed by atoms with E-state index in [9.17, 15) is 24.6 Å². The fourth-order valence-corrected chi connectivity index (χ4v) is 3.47. The van der Waals surface area contributed by atoms with Crippen molar-refractivity contribution in [3.63, 3.8) is 0 Å². The van der Waals surface area contributed by atoms with E-state index in [1.54, 1.807) is 0 Å². The van der Waals surface area contributed by atoms with E-state index in [1.807, 2.05) is 0 Å². The number of amides is 1. The van der Waals surface area contributed by atoms with Gasteiger partial charge in [0.1, 0.15) is 0 Å². The molecular formula is C23H41NNa2O6. The zero-order valence-corrected chi connectivity index (χ0v) is 24.5. The molecule has 1 atom stereocenters. The summed E-state index contributed by atoms with van der Waals surface area (Å²) in [4.78, 5) is 33.1. The molecule has 0 saturated heterocycles. The molecule has 176 valence electrons. The van der Waals surface area contributed by atoms with Gasteiger partial charge in [-0.15, -0.1) is 0 Å². The van der Waals surface area contributed by atoms with Crippen molar-refractivity contribution >= 4 is 17.8 Å². The van der Waals surface area contributed by atoms with Gasteiger partial charge in [-0.25, -0.2) is 0 Å². The average Bonchev–Trinajstić information content (AvgIpc) is 2.70. The maximum Gasteiger partial charge on any atom is 1.00 e. The second kappa shape index (κ2) is 27.6. The van der Waals surface area contributed by atoms with Crippen LogP contribution in [0, 0.1) is 0 Å². The first kappa shape index (κ1) is 36.9. The molecule has 1 amide bonds. The average molecular weight is 474 g/mol. The molecule has 0 fully saturated rings. The van der Waals surface area contributed by atoms with Crippen LogP contribution in [0.4, 0.5) is 0 Å². The van der Waals surface area contributed by atoms with E-state index in [-0.39, 0.29) is 77.9 Å². The van der Waals surface area contributed by atoms with E-state index in [1.165, 1.54) is 57.8 Å². The number of aliphatic hydroxyl groups excluding tert-OH is 1. The Morgan fingerprint density at radius 3 is 1.34 bits per heavy atom. The van der Waals surface area contributed by atoms with Crippen LogP contribution in [-0.2, 0) is 14.4 Å². The Kier molecular flexibility index (Phi) is 31.9. The Morgan fingerprint density at radius 1 is 0.625 bits per heavy atom. The number of rotatable bonds is 22. The molecule has 0 rings (SSSR count). The van der Waals surface area contributed by atoms with E-state index in [0.29, 0.717) is 13.0 Å². The van der Waals surface area contributed by atoms with Crippen LogP contribution in [0.2, 0.25) is 0 Å². The molecule has 0 aromatic carbocycles. The third kappa shape index (κ3) is 26.6. The summed E-state index contributed by atoms with van der Waals surface area (Å²) < 4.78 is 0. The van der Waals surface area contributed by atoms with Crippen molar-refractivity contribution in [2.24, 2.45) is 0 Å². The number of aliphatic carboxylic acids is 2. The minimum Gasteiger partial charge on any atom is -0.550 e. The molecule has 2 N–H and O–H groups in total. The topological polar surface area (TPSA) is 130 Å². The molecule has 0 spiro atoms. The van der Waals surface area contributed by atoms with Gasteiger partial charge in [0.2, 0.25) is 5.91 Å². The Hall–Kier alpha value is 0.370. The SMILES string of the molecule is O=C([O-])CC[C@H](NC(=O)CCCCCCCCCCCCCCCCCO)C(=O)[O-].[Na+].[Na+]. The first-order valence-corrected chi connectivity index (χ1v) is 11.8. The number of carbonyl (C=O) groups is 3. The van der Waals surface area contributed by atoms with Gasteiger partial charge < -0.3 is 30.2 Å². The van der Waals surface area contributed by atoms with Crippen LogP contribution >= 0.6 is 0 Å². The van der Waals surface area contributed by atoms with Gasteiger partial charge in [-0.05, 0) is 25.7 Å². The summed E-state index contributed by atoms with van der Waals surface area (Å²) in [5.41, 5.74) is 0. The van der Waals surface area contributed by atoms with Crippen LogP contribution in [0.1, 0.15) is 116 Å². The largest absolute Gasteiger partial charge is 1.00 e. The molecule has 0 aliphatic carbocycles. The summed E-state index contributed by atoms with van der Waals surface area (Å²) in [6.45, 7) is 0.314. The summed E-state index contributed by atoms with van der Waals surface area (Å²) >= 11 is 0. The number of unbranched alkanes of at least 4 members (excludes halogenated alkanes) is 14. The third-order valence-corrected chi connectivity index (χ3v) is 5.32.